The van der Waals surface area contributed by atoms with Crippen molar-refractivity contribution in [2.45, 2.75) is 26.4 Å². The molecule has 0 saturated carbocycles. The van der Waals surface area contributed by atoms with Gasteiger partial charge in [0.15, 0.2) is 5.76 Å². The zero-order chi connectivity index (χ0) is 16.9. The zero-order valence-corrected chi connectivity index (χ0v) is 14.1. The smallest absolute Gasteiger partial charge is 0.283 e. The molecular formula is C16H23N5O3. The summed E-state index contributed by atoms with van der Waals surface area (Å²) in [4.78, 5) is 16.2. The van der Waals surface area contributed by atoms with Gasteiger partial charge in [0.1, 0.15) is 0 Å². The Morgan fingerprint density at radius 3 is 2.67 bits per heavy atom. The summed E-state index contributed by atoms with van der Waals surface area (Å²) >= 11 is 0. The zero-order valence-electron chi connectivity index (χ0n) is 14.1. The molecule has 2 aromatic rings. The van der Waals surface area contributed by atoms with Gasteiger partial charge in [-0.25, -0.2) is 0 Å². The number of carbonyl (C=O) groups excluding carboxylic acids is 1. The molecule has 0 spiro atoms. The van der Waals surface area contributed by atoms with E-state index >= 15 is 0 Å². The highest BCUT2D eigenvalue weighted by Gasteiger charge is 2.21. The van der Waals surface area contributed by atoms with Gasteiger partial charge in [-0.3, -0.25) is 14.6 Å². The van der Waals surface area contributed by atoms with Crippen LogP contribution in [0.5, 0.6) is 0 Å². The van der Waals surface area contributed by atoms with Crippen LogP contribution in [0.1, 0.15) is 19.7 Å². The van der Waals surface area contributed by atoms with E-state index < -0.39 is 0 Å². The summed E-state index contributed by atoms with van der Waals surface area (Å²) in [6.07, 6.45) is 1.58. The first-order valence-electron chi connectivity index (χ1n) is 8.20. The van der Waals surface area contributed by atoms with Crippen molar-refractivity contribution in [2.75, 3.05) is 32.7 Å². The summed E-state index contributed by atoms with van der Waals surface area (Å²) in [5.41, 5.74) is 0. The second kappa shape index (κ2) is 7.59. The standard InChI is InChI=1S/C16H23N5O3/c1-12(2)17-14(22)10-20-5-7-21(8-6-20)11-15-18-19-16(24-15)13-4-3-9-23-13/h3-4,9,12H,5-8,10-11H2,1-2H3,(H,17,22). The van der Waals surface area contributed by atoms with E-state index in [2.05, 4.69) is 25.3 Å². The van der Waals surface area contributed by atoms with E-state index in [-0.39, 0.29) is 11.9 Å². The lowest BCUT2D eigenvalue weighted by molar-refractivity contribution is -0.123. The van der Waals surface area contributed by atoms with Gasteiger partial charge in [0.05, 0.1) is 19.4 Å². The van der Waals surface area contributed by atoms with Gasteiger partial charge in [-0.1, -0.05) is 0 Å². The van der Waals surface area contributed by atoms with Crippen LogP contribution in [0.3, 0.4) is 0 Å². The van der Waals surface area contributed by atoms with E-state index in [0.717, 1.165) is 26.2 Å². The molecule has 8 nitrogen and oxygen atoms in total. The molecule has 130 valence electrons. The average molecular weight is 333 g/mol. The fourth-order valence-electron chi connectivity index (χ4n) is 2.68. The highest BCUT2D eigenvalue weighted by molar-refractivity contribution is 5.78. The third-order valence-corrected chi connectivity index (χ3v) is 3.84. The van der Waals surface area contributed by atoms with E-state index in [1.807, 2.05) is 13.8 Å². The third kappa shape index (κ3) is 4.42. The molecule has 1 aliphatic heterocycles. The van der Waals surface area contributed by atoms with Gasteiger partial charge < -0.3 is 14.2 Å². The number of carbonyl (C=O) groups is 1. The number of amides is 1. The first-order chi connectivity index (χ1) is 11.6. The van der Waals surface area contributed by atoms with Crippen LogP contribution in [-0.2, 0) is 11.3 Å². The molecule has 1 saturated heterocycles. The Balaban J connectivity index is 1.45. The van der Waals surface area contributed by atoms with Crippen LogP contribution in [0, 0.1) is 0 Å². The summed E-state index contributed by atoms with van der Waals surface area (Å²) < 4.78 is 10.9. The maximum absolute atomic E-state index is 11.8. The fourth-order valence-corrected chi connectivity index (χ4v) is 2.68. The van der Waals surface area contributed by atoms with Crippen molar-refractivity contribution in [2.24, 2.45) is 0 Å². The van der Waals surface area contributed by atoms with Gasteiger partial charge in [-0.05, 0) is 26.0 Å². The van der Waals surface area contributed by atoms with E-state index in [4.69, 9.17) is 8.83 Å². The van der Waals surface area contributed by atoms with Crippen LogP contribution in [0.2, 0.25) is 0 Å². The minimum absolute atomic E-state index is 0.0819. The van der Waals surface area contributed by atoms with E-state index in [0.29, 0.717) is 30.6 Å². The molecule has 1 aliphatic rings. The van der Waals surface area contributed by atoms with Crippen LogP contribution in [-0.4, -0.2) is 64.7 Å². The Hall–Kier alpha value is -2.19. The predicted octanol–water partition coefficient (Wildman–Crippen LogP) is 0.972. The molecule has 2 aromatic heterocycles. The van der Waals surface area contributed by atoms with Crippen molar-refractivity contribution in [3.63, 3.8) is 0 Å². The monoisotopic (exact) mass is 333 g/mol. The molecule has 0 unspecified atom stereocenters. The van der Waals surface area contributed by atoms with Crippen LogP contribution in [0.25, 0.3) is 11.7 Å². The number of furan rings is 1. The summed E-state index contributed by atoms with van der Waals surface area (Å²) in [6.45, 7) is 8.44. The van der Waals surface area contributed by atoms with Crippen molar-refractivity contribution in [1.82, 2.24) is 25.3 Å². The highest BCUT2D eigenvalue weighted by Crippen LogP contribution is 2.18. The normalized spacial score (nSPS) is 16.6. The minimum Gasteiger partial charge on any atom is -0.459 e. The maximum atomic E-state index is 11.8. The Kier molecular flexibility index (Phi) is 5.27. The molecule has 3 heterocycles. The number of aromatic nitrogens is 2. The topological polar surface area (TPSA) is 87.6 Å². The SMILES string of the molecule is CC(C)NC(=O)CN1CCN(Cc2nnc(-c3ccco3)o2)CC1. The lowest BCUT2D eigenvalue weighted by Gasteiger charge is -2.33. The number of nitrogens with zero attached hydrogens (tertiary/aromatic N) is 4. The van der Waals surface area contributed by atoms with Crippen molar-refractivity contribution in [1.29, 1.82) is 0 Å². The lowest BCUT2D eigenvalue weighted by atomic mass is 10.3. The first-order valence-corrected chi connectivity index (χ1v) is 8.20. The predicted molar refractivity (Wildman–Crippen MR) is 87.0 cm³/mol. The van der Waals surface area contributed by atoms with E-state index in [1.165, 1.54) is 0 Å². The van der Waals surface area contributed by atoms with Crippen molar-refractivity contribution in [3.8, 4) is 11.7 Å². The second-order valence-corrected chi connectivity index (χ2v) is 6.25. The Bertz CT molecular complexity index is 644. The Morgan fingerprint density at radius 2 is 2.00 bits per heavy atom. The molecule has 1 amide bonds. The molecular weight excluding hydrogens is 310 g/mol. The van der Waals surface area contributed by atoms with Gasteiger partial charge in [-0.15, -0.1) is 10.2 Å². The maximum Gasteiger partial charge on any atom is 0.283 e. The summed E-state index contributed by atoms with van der Waals surface area (Å²) in [5, 5.41) is 11.0. The number of rotatable bonds is 6. The van der Waals surface area contributed by atoms with Gasteiger partial charge in [0.2, 0.25) is 11.8 Å². The molecule has 0 radical (unpaired) electrons. The van der Waals surface area contributed by atoms with Crippen LogP contribution in [0.15, 0.2) is 27.2 Å². The molecule has 0 aromatic carbocycles. The van der Waals surface area contributed by atoms with Crippen molar-refractivity contribution in [3.05, 3.63) is 24.3 Å². The molecule has 24 heavy (non-hydrogen) atoms. The fraction of sp³-hybridized carbons (Fsp3) is 0.562. The molecule has 0 bridgehead atoms. The molecule has 1 fully saturated rings. The second-order valence-electron chi connectivity index (χ2n) is 6.25. The minimum atomic E-state index is 0.0819. The van der Waals surface area contributed by atoms with Gasteiger partial charge >= 0.3 is 0 Å². The first kappa shape index (κ1) is 16.7. The Morgan fingerprint density at radius 1 is 1.25 bits per heavy atom. The largest absolute Gasteiger partial charge is 0.459 e. The lowest BCUT2D eigenvalue weighted by Crippen LogP contribution is -2.49. The molecule has 0 aliphatic carbocycles. The number of hydrogen-bond acceptors (Lipinski definition) is 7. The van der Waals surface area contributed by atoms with Crippen LogP contribution < -0.4 is 5.32 Å². The summed E-state index contributed by atoms with van der Waals surface area (Å²) in [5.74, 6) is 1.64. The Labute approximate surface area is 140 Å². The number of nitrogens with one attached hydrogen (secondary N) is 1. The quantitative estimate of drug-likeness (QED) is 0.843. The summed E-state index contributed by atoms with van der Waals surface area (Å²) in [7, 11) is 0. The highest BCUT2D eigenvalue weighted by atomic mass is 16.4. The van der Waals surface area contributed by atoms with Crippen LogP contribution >= 0.6 is 0 Å². The molecule has 8 heteroatoms. The van der Waals surface area contributed by atoms with E-state index in [1.54, 1.807) is 18.4 Å². The van der Waals surface area contributed by atoms with Crippen molar-refractivity contribution >= 4 is 5.91 Å². The van der Waals surface area contributed by atoms with Gasteiger partial charge in [0.25, 0.3) is 5.89 Å². The van der Waals surface area contributed by atoms with E-state index in [9.17, 15) is 4.79 Å². The van der Waals surface area contributed by atoms with Gasteiger partial charge in [-0.2, -0.15) is 0 Å². The summed E-state index contributed by atoms with van der Waals surface area (Å²) in [6, 6.07) is 3.76. The van der Waals surface area contributed by atoms with Gasteiger partial charge in [0, 0.05) is 32.2 Å². The van der Waals surface area contributed by atoms with Crippen LogP contribution in [0.4, 0.5) is 0 Å². The molecule has 0 atom stereocenters. The average Bonchev–Trinajstić information content (AvgIpc) is 3.19. The molecule has 1 N–H and O–H groups in total. The number of hydrogen-bond donors (Lipinski definition) is 1. The third-order valence-electron chi connectivity index (χ3n) is 3.84. The van der Waals surface area contributed by atoms with Crippen molar-refractivity contribution < 1.29 is 13.6 Å². The molecule has 3 rings (SSSR count). The number of piperazine rings is 1.